The van der Waals surface area contributed by atoms with E-state index < -0.39 is 22.0 Å². The molecule has 0 saturated carbocycles. The number of para-hydroxylation sites is 1. The van der Waals surface area contributed by atoms with Gasteiger partial charge in [-0.15, -0.1) is 0 Å². The number of amides is 1. The van der Waals surface area contributed by atoms with Gasteiger partial charge in [-0.05, 0) is 68.8 Å². The smallest absolute Gasteiger partial charge is 0.243 e. The van der Waals surface area contributed by atoms with Gasteiger partial charge in [0.15, 0.2) is 0 Å². The van der Waals surface area contributed by atoms with E-state index in [4.69, 9.17) is 9.47 Å². The summed E-state index contributed by atoms with van der Waals surface area (Å²) in [6.45, 7) is 6.04. The number of hydrogen-bond donors (Lipinski definition) is 1. The summed E-state index contributed by atoms with van der Waals surface area (Å²) in [4.78, 5) is 12.7. The lowest BCUT2D eigenvalue weighted by Crippen LogP contribution is -2.48. The van der Waals surface area contributed by atoms with Crippen molar-refractivity contribution in [2.24, 2.45) is 0 Å². The van der Waals surface area contributed by atoms with E-state index in [9.17, 15) is 13.2 Å². The molecule has 1 unspecified atom stereocenters. The lowest BCUT2D eigenvalue weighted by Gasteiger charge is -2.28. The third-order valence-electron chi connectivity index (χ3n) is 5.15. The number of anilines is 1. The van der Waals surface area contributed by atoms with Crippen molar-refractivity contribution in [2.75, 3.05) is 23.7 Å². The van der Waals surface area contributed by atoms with Gasteiger partial charge >= 0.3 is 0 Å². The van der Waals surface area contributed by atoms with Crippen molar-refractivity contribution in [1.82, 2.24) is 5.32 Å². The molecule has 0 spiro atoms. The molecule has 0 aliphatic carbocycles. The van der Waals surface area contributed by atoms with Crippen LogP contribution in [0.2, 0.25) is 0 Å². The third kappa shape index (κ3) is 6.74. The zero-order chi connectivity index (χ0) is 24.7. The van der Waals surface area contributed by atoms with Gasteiger partial charge in [0.1, 0.15) is 29.9 Å². The molecule has 0 aliphatic rings. The van der Waals surface area contributed by atoms with Crippen LogP contribution in [0, 0.1) is 13.8 Å². The topological polar surface area (TPSA) is 84.9 Å². The van der Waals surface area contributed by atoms with E-state index in [1.165, 1.54) is 0 Å². The SMILES string of the molecule is Cc1ccc(OCCNC(=O)C(C)N(c2ccc(Oc3ccccc3)cc2)S(C)(=O)=O)c(C)c1. The first-order valence-corrected chi connectivity index (χ1v) is 12.8. The zero-order valence-corrected chi connectivity index (χ0v) is 20.6. The van der Waals surface area contributed by atoms with E-state index in [2.05, 4.69) is 5.32 Å². The van der Waals surface area contributed by atoms with Crippen LogP contribution >= 0.6 is 0 Å². The number of rotatable bonds is 10. The van der Waals surface area contributed by atoms with Crippen molar-refractivity contribution >= 4 is 21.6 Å². The minimum Gasteiger partial charge on any atom is -0.491 e. The average Bonchev–Trinajstić information content (AvgIpc) is 2.79. The van der Waals surface area contributed by atoms with Crippen molar-refractivity contribution in [3.05, 3.63) is 83.9 Å². The molecule has 0 aromatic heterocycles. The quantitative estimate of drug-likeness (QED) is 0.432. The molecule has 8 heteroatoms. The number of benzene rings is 3. The van der Waals surface area contributed by atoms with Gasteiger partial charge in [0.2, 0.25) is 15.9 Å². The average molecular weight is 483 g/mol. The molecule has 3 aromatic carbocycles. The molecular formula is C26H30N2O5S. The van der Waals surface area contributed by atoms with E-state index in [1.54, 1.807) is 31.2 Å². The lowest BCUT2D eigenvalue weighted by molar-refractivity contribution is -0.121. The first-order chi connectivity index (χ1) is 16.1. The molecule has 1 atom stereocenters. The van der Waals surface area contributed by atoms with Crippen LogP contribution in [0.15, 0.2) is 72.8 Å². The Hall–Kier alpha value is -3.52. The van der Waals surface area contributed by atoms with Crippen LogP contribution in [-0.4, -0.2) is 39.8 Å². The van der Waals surface area contributed by atoms with E-state index in [0.717, 1.165) is 27.4 Å². The summed E-state index contributed by atoms with van der Waals surface area (Å²) >= 11 is 0. The second kappa shape index (κ2) is 11.1. The molecule has 0 radical (unpaired) electrons. The van der Waals surface area contributed by atoms with Crippen LogP contribution in [0.25, 0.3) is 0 Å². The zero-order valence-electron chi connectivity index (χ0n) is 19.8. The first kappa shape index (κ1) is 25.1. The first-order valence-electron chi connectivity index (χ1n) is 11.0. The van der Waals surface area contributed by atoms with Crippen molar-refractivity contribution in [3.63, 3.8) is 0 Å². The number of aryl methyl sites for hydroxylation is 2. The van der Waals surface area contributed by atoms with Crippen LogP contribution in [-0.2, 0) is 14.8 Å². The Kier molecular flexibility index (Phi) is 8.17. The van der Waals surface area contributed by atoms with Gasteiger partial charge in [0, 0.05) is 0 Å². The summed E-state index contributed by atoms with van der Waals surface area (Å²) in [5.74, 6) is 1.57. The fraction of sp³-hybridized carbons (Fsp3) is 0.269. The Morgan fingerprint density at radius 2 is 1.62 bits per heavy atom. The molecular weight excluding hydrogens is 452 g/mol. The van der Waals surface area contributed by atoms with Crippen molar-refractivity contribution in [1.29, 1.82) is 0 Å². The van der Waals surface area contributed by atoms with Crippen molar-refractivity contribution in [2.45, 2.75) is 26.8 Å². The summed E-state index contributed by atoms with van der Waals surface area (Å²) in [6, 6.07) is 20.8. The van der Waals surface area contributed by atoms with Gasteiger partial charge in [-0.25, -0.2) is 8.42 Å². The fourth-order valence-electron chi connectivity index (χ4n) is 3.54. The molecule has 0 saturated heterocycles. The molecule has 1 amide bonds. The normalized spacial score (nSPS) is 12.0. The summed E-state index contributed by atoms with van der Waals surface area (Å²) in [5.41, 5.74) is 2.53. The highest BCUT2D eigenvalue weighted by Crippen LogP contribution is 2.27. The van der Waals surface area contributed by atoms with Gasteiger partial charge in [-0.2, -0.15) is 0 Å². The van der Waals surface area contributed by atoms with E-state index in [0.29, 0.717) is 17.2 Å². The van der Waals surface area contributed by atoms with Gasteiger partial charge in [-0.1, -0.05) is 35.9 Å². The van der Waals surface area contributed by atoms with Crippen LogP contribution in [0.3, 0.4) is 0 Å². The standard InChI is InChI=1S/C26H30N2O5S/c1-19-10-15-25(20(2)18-19)32-17-16-27-26(29)21(3)28(34(4,30)31)22-11-13-24(14-12-22)33-23-8-6-5-7-9-23/h5-15,18,21H,16-17H2,1-4H3,(H,27,29). The minimum absolute atomic E-state index is 0.248. The van der Waals surface area contributed by atoms with Crippen LogP contribution in [0.1, 0.15) is 18.1 Å². The van der Waals surface area contributed by atoms with Crippen LogP contribution in [0.5, 0.6) is 17.2 Å². The van der Waals surface area contributed by atoms with Crippen molar-refractivity contribution in [3.8, 4) is 17.2 Å². The van der Waals surface area contributed by atoms with E-state index in [-0.39, 0.29) is 13.2 Å². The van der Waals surface area contributed by atoms with Gasteiger partial charge in [0.25, 0.3) is 0 Å². The molecule has 1 N–H and O–H groups in total. The number of ether oxygens (including phenoxy) is 2. The summed E-state index contributed by atoms with van der Waals surface area (Å²) in [5, 5.41) is 2.76. The van der Waals surface area contributed by atoms with Gasteiger partial charge < -0.3 is 14.8 Å². The Bertz CT molecular complexity index is 1210. The monoisotopic (exact) mass is 482 g/mol. The molecule has 0 fully saturated rings. The molecule has 180 valence electrons. The number of hydrogen-bond acceptors (Lipinski definition) is 5. The molecule has 0 aliphatic heterocycles. The Labute approximate surface area is 201 Å². The number of carbonyl (C=O) groups excluding carboxylic acids is 1. The number of carbonyl (C=O) groups is 1. The lowest BCUT2D eigenvalue weighted by atomic mass is 10.1. The van der Waals surface area contributed by atoms with Gasteiger partial charge in [0.05, 0.1) is 18.5 Å². The predicted molar refractivity (Wildman–Crippen MR) is 134 cm³/mol. The maximum absolute atomic E-state index is 12.7. The summed E-state index contributed by atoms with van der Waals surface area (Å²) in [7, 11) is -3.72. The van der Waals surface area contributed by atoms with Crippen LogP contribution < -0.4 is 19.1 Å². The predicted octanol–water partition coefficient (Wildman–Crippen LogP) is 4.45. The number of nitrogens with zero attached hydrogens (tertiary/aromatic N) is 1. The summed E-state index contributed by atoms with van der Waals surface area (Å²) < 4.78 is 37.6. The molecule has 34 heavy (non-hydrogen) atoms. The molecule has 7 nitrogen and oxygen atoms in total. The third-order valence-corrected chi connectivity index (χ3v) is 6.39. The van der Waals surface area contributed by atoms with Crippen LogP contribution in [0.4, 0.5) is 5.69 Å². The largest absolute Gasteiger partial charge is 0.491 e. The second-order valence-electron chi connectivity index (χ2n) is 8.05. The fourth-order valence-corrected chi connectivity index (χ4v) is 4.71. The maximum Gasteiger partial charge on any atom is 0.243 e. The molecule has 3 rings (SSSR count). The Balaban J connectivity index is 1.62. The highest BCUT2D eigenvalue weighted by Gasteiger charge is 2.29. The molecule has 0 bridgehead atoms. The minimum atomic E-state index is -3.72. The Morgan fingerprint density at radius 3 is 2.24 bits per heavy atom. The summed E-state index contributed by atoms with van der Waals surface area (Å²) in [6.07, 6.45) is 1.08. The maximum atomic E-state index is 12.7. The molecule has 3 aromatic rings. The number of sulfonamides is 1. The van der Waals surface area contributed by atoms with Crippen molar-refractivity contribution < 1.29 is 22.7 Å². The van der Waals surface area contributed by atoms with E-state index >= 15 is 0 Å². The number of nitrogens with one attached hydrogen (secondary N) is 1. The Morgan fingerprint density at radius 1 is 0.971 bits per heavy atom. The highest BCUT2D eigenvalue weighted by molar-refractivity contribution is 7.92. The highest BCUT2D eigenvalue weighted by atomic mass is 32.2. The molecule has 0 heterocycles. The second-order valence-corrected chi connectivity index (χ2v) is 9.91. The van der Waals surface area contributed by atoms with E-state index in [1.807, 2.05) is 62.4 Å². The van der Waals surface area contributed by atoms with Gasteiger partial charge in [-0.3, -0.25) is 9.10 Å².